The van der Waals surface area contributed by atoms with Crippen LogP contribution < -0.4 is 10.2 Å². The number of amides is 2. The molecule has 0 unspecified atom stereocenters. The third-order valence-corrected chi connectivity index (χ3v) is 5.57. The quantitative estimate of drug-likeness (QED) is 0.861. The van der Waals surface area contributed by atoms with Gasteiger partial charge in [0.15, 0.2) is 0 Å². The number of nitrogens with zero attached hydrogens (tertiary/aromatic N) is 3. The monoisotopic (exact) mass is 394 g/mol. The molecule has 2 amide bonds. The Morgan fingerprint density at radius 2 is 2.08 bits per heavy atom. The Morgan fingerprint density at radius 1 is 1.35 bits per heavy atom. The lowest BCUT2D eigenvalue weighted by molar-refractivity contribution is -0.135. The molecule has 0 radical (unpaired) electrons. The molecule has 1 saturated heterocycles. The van der Waals surface area contributed by atoms with Crippen LogP contribution in [0.4, 0.5) is 5.82 Å². The Bertz CT molecular complexity index is 854. The summed E-state index contributed by atoms with van der Waals surface area (Å²) in [5, 5.41) is 5.03. The van der Waals surface area contributed by atoms with Crippen molar-refractivity contribution in [2.24, 2.45) is 5.92 Å². The highest BCUT2D eigenvalue weighted by atomic mass is 35.5. The first-order chi connectivity index (χ1) is 12.4. The number of thiazole rings is 1. The van der Waals surface area contributed by atoms with E-state index in [1.165, 1.54) is 10.8 Å². The standard InChI is InChI=1S/C17H19ClN4O3S/c1-11-10-26-17(25)22(11)9-15(23)21-6-4-12(5-7-21)16(24)20-14-3-2-13(18)8-19-14/h2-3,8,10,12H,4-7,9H2,1H3,(H,19,20,24). The highest BCUT2D eigenvalue weighted by Gasteiger charge is 2.28. The van der Waals surface area contributed by atoms with Crippen molar-refractivity contribution >= 4 is 40.6 Å². The first kappa shape index (κ1) is 18.6. The Labute approximate surface area is 159 Å². The molecule has 0 aromatic carbocycles. The summed E-state index contributed by atoms with van der Waals surface area (Å²) in [4.78, 5) is 42.1. The third kappa shape index (κ3) is 4.31. The summed E-state index contributed by atoms with van der Waals surface area (Å²) >= 11 is 6.87. The molecule has 1 aliphatic rings. The molecule has 3 heterocycles. The molecule has 0 saturated carbocycles. The molecule has 0 atom stereocenters. The molecule has 2 aromatic heterocycles. The van der Waals surface area contributed by atoms with Crippen LogP contribution in [0.1, 0.15) is 18.5 Å². The van der Waals surface area contributed by atoms with Gasteiger partial charge in [0.25, 0.3) is 0 Å². The number of rotatable bonds is 4. The molecule has 0 spiro atoms. The van der Waals surface area contributed by atoms with E-state index in [1.54, 1.807) is 22.4 Å². The van der Waals surface area contributed by atoms with E-state index in [4.69, 9.17) is 11.6 Å². The molecule has 0 bridgehead atoms. The van der Waals surface area contributed by atoms with Gasteiger partial charge in [-0.15, -0.1) is 0 Å². The van der Waals surface area contributed by atoms with Crippen molar-refractivity contribution in [3.63, 3.8) is 0 Å². The molecular formula is C17H19ClN4O3S. The Morgan fingerprint density at radius 3 is 2.65 bits per heavy atom. The van der Waals surface area contributed by atoms with Crippen LogP contribution in [0, 0.1) is 12.8 Å². The number of anilines is 1. The summed E-state index contributed by atoms with van der Waals surface area (Å²) in [6, 6.07) is 3.32. The van der Waals surface area contributed by atoms with Crippen molar-refractivity contribution in [3.8, 4) is 0 Å². The number of nitrogens with one attached hydrogen (secondary N) is 1. The fraction of sp³-hybridized carbons (Fsp3) is 0.412. The highest BCUT2D eigenvalue weighted by molar-refractivity contribution is 7.07. The summed E-state index contributed by atoms with van der Waals surface area (Å²) in [5.74, 6) is 0.107. The molecule has 9 heteroatoms. The van der Waals surface area contributed by atoms with E-state index in [-0.39, 0.29) is 29.1 Å². The molecule has 2 aromatic rings. The first-order valence-electron chi connectivity index (χ1n) is 8.29. The van der Waals surface area contributed by atoms with Gasteiger partial charge in [0.05, 0.1) is 5.02 Å². The van der Waals surface area contributed by atoms with Crippen LogP contribution in [0.5, 0.6) is 0 Å². The van der Waals surface area contributed by atoms with E-state index in [0.717, 1.165) is 17.0 Å². The summed E-state index contributed by atoms with van der Waals surface area (Å²) in [6.07, 6.45) is 2.65. The molecular weight excluding hydrogens is 376 g/mol. The minimum atomic E-state index is -0.165. The van der Waals surface area contributed by atoms with Gasteiger partial charge in [-0.05, 0) is 31.9 Å². The van der Waals surface area contributed by atoms with Crippen LogP contribution in [0.3, 0.4) is 0 Å². The van der Waals surface area contributed by atoms with Crippen LogP contribution in [-0.2, 0) is 16.1 Å². The van der Waals surface area contributed by atoms with Crippen LogP contribution in [0.15, 0.2) is 28.5 Å². The van der Waals surface area contributed by atoms with Gasteiger partial charge in [0.2, 0.25) is 11.8 Å². The van der Waals surface area contributed by atoms with E-state index >= 15 is 0 Å². The number of hydrogen-bond acceptors (Lipinski definition) is 5. The summed E-state index contributed by atoms with van der Waals surface area (Å²) in [6.45, 7) is 2.87. The van der Waals surface area contributed by atoms with Crippen molar-refractivity contribution in [2.45, 2.75) is 26.3 Å². The van der Waals surface area contributed by atoms with E-state index in [9.17, 15) is 14.4 Å². The number of aryl methyl sites for hydroxylation is 1. The van der Waals surface area contributed by atoms with Crippen LogP contribution in [0.25, 0.3) is 0 Å². The first-order valence-corrected chi connectivity index (χ1v) is 9.55. The molecule has 1 N–H and O–H groups in total. The number of aromatic nitrogens is 2. The number of hydrogen-bond donors (Lipinski definition) is 1. The average Bonchev–Trinajstić information content (AvgIpc) is 2.95. The smallest absolute Gasteiger partial charge is 0.307 e. The average molecular weight is 395 g/mol. The van der Waals surface area contributed by atoms with Gasteiger partial charge >= 0.3 is 4.87 Å². The number of likely N-dealkylation sites (tertiary alicyclic amines) is 1. The lowest BCUT2D eigenvalue weighted by Crippen LogP contribution is -2.43. The maximum absolute atomic E-state index is 12.4. The molecule has 0 aliphatic carbocycles. The van der Waals surface area contributed by atoms with Crippen LogP contribution in [-0.4, -0.2) is 39.4 Å². The van der Waals surface area contributed by atoms with Crippen LogP contribution >= 0.6 is 22.9 Å². The van der Waals surface area contributed by atoms with Crippen LogP contribution in [0.2, 0.25) is 5.02 Å². The van der Waals surface area contributed by atoms with Crippen molar-refractivity contribution in [2.75, 3.05) is 18.4 Å². The molecule has 138 valence electrons. The number of halogens is 1. The molecule has 26 heavy (non-hydrogen) atoms. The second kappa shape index (κ2) is 8.01. The Kier molecular flexibility index (Phi) is 5.73. The van der Waals surface area contributed by atoms with Gasteiger partial charge in [-0.3, -0.25) is 19.0 Å². The van der Waals surface area contributed by atoms with Gasteiger partial charge in [-0.2, -0.15) is 0 Å². The SMILES string of the molecule is Cc1csc(=O)n1CC(=O)N1CCC(C(=O)Nc2ccc(Cl)cn2)CC1. The van der Waals surface area contributed by atoms with Gasteiger partial charge in [-0.25, -0.2) is 4.98 Å². The fourth-order valence-electron chi connectivity index (χ4n) is 2.90. The lowest BCUT2D eigenvalue weighted by atomic mass is 9.96. The Balaban J connectivity index is 1.52. The predicted octanol–water partition coefficient (Wildman–Crippen LogP) is 2.14. The second-order valence-electron chi connectivity index (χ2n) is 6.24. The van der Waals surface area contributed by atoms with Crippen molar-refractivity contribution in [1.29, 1.82) is 0 Å². The summed E-state index contributed by atoms with van der Waals surface area (Å²) < 4.78 is 1.48. The maximum atomic E-state index is 12.4. The predicted molar refractivity (Wildman–Crippen MR) is 100 cm³/mol. The number of pyridine rings is 1. The third-order valence-electron chi connectivity index (χ3n) is 4.47. The number of carbonyl (C=O) groups excluding carboxylic acids is 2. The largest absolute Gasteiger partial charge is 0.341 e. The maximum Gasteiger partial charge on any atom is 0.307 e. The van der Waals surface area contributed by atoms with Crippen molar-refractivity contribution in [1.82, 2.24) is 14.5 Å². The molecule has 3 rings (SSSR count). The normalized spacial score (nSPS) is 15.1. The fourth-order valence-corrected chi connectivity index (χ4v) is 3.75. The number of carbonyl (C=O) groups is 2. The van der Waals surface area contributed by atoms with Gasteiger partial charge in [0, 0.05) is 36.3 Å². The van der Waals surface area contributed by atoms with E-state index in [0.29, 0.717) is 36.8 Å². The minimum absolute atomic E-state index is 0.0553. The topological polar surface area (TPSA) is 84.3 Å². The highest BCUT2D eigenvalue weighted by Crippen LogP contribution is 2.20. The number of piperidine rings is 1. The Hall–Kier alpha value is -2.19. The molecule has 1 aliphatic heterocycles. The lowest BCUT2D eigenvalue weighted by Gasteiger charge is -2.31. The molecule has 7 nitrogen and oxygen atoms in total. The van der Waals surface area contributed by atoms with Crippen molar-refractivity contribution < 1.29 is 9.59 Å². The van der Waals surface area contributed by atoms with E-state index < -0.39 is 0 Å². The summed E-state index contributed by atoms with van der Waals surface area (Å²) in [7, 11) is 0. The van der Waals surface area contributed by atoms with Gasteiger partial charge < -0.3 is 10.2 Å². The zero-order valence-corrected chi connectivity index (χ0v) is 15.8. The zero-order valence-electron chi connectivity index (χ0n) is 14.3. The van der Waals surface area contributed by atoms with Gasteiger partial charge in [-0.1, -0.05) is 22.9 Å². The van der Waals surface area contributed by atoms with Gasteiger partial charge in [0.1, 0.15) is 12.4 Å². The zero-order chi connectivity index (χ0) is 18.7. The minimum Gasteiger partial charge on any atom is -0.341 e. The van der Waals surface area contributed by atoms with E-state index in [1.807, 2.05) is 6.92 Å². The van der Waals surface area contributed by atoms with Crippen molar-refractivity contribution in [3.05, 3.63) is 44.1 Å². The second-order valence-corrected chi connectivity index (χ2v) is 7.49. The summed E-state index contributed by atoms with van der Waals surface area (Å²) in [5.41, 5.74) is 0.790. The molecule has 1 fully saturated rings. The van der Waals surface area contributed by atoms with E-state index in [2.05, 4.69) is 10.3 Å².